The maximum atomic E-state index is 3.63. The summed E-state index contributed by atoms with van der Waals surface area (Å²) in [6.07, 6.45) is 7.19. The molecule has 3 rings (SSSR count). The Balaban J connectivity index is 2.07. The van der Waals surface area contributed by atoms with Crippen molar-refractivity contribution in [1.82, 2.24) is 4.98 Å². The Hall–Kier alpha value is -1.02. The van der Waals surface area contributed by atoms with Crippen molar-refractivity contribution < 1.29 is 0 Å². The van der Waals surface area contributed by atoms with Gasteiger partial charge >= 0.3 is 0 Å². The van der Waals surface area contributed by atoms with Crippen molar-refractivity contribution in [2.75, 3.05) is 0 Å². The van der Waals surface area contributed by atoms with Crippen LogP contribution < -0.4 is 0 Å². The van der Waals surface area contributed by atoms with Gasteiger partial charge in [0.15, 0.2) is 0 Å². The summed E-state index contributed by atoms with van der Waals surface area (Å²) in [5.74, 6) is 0.667. The molecule has 1 aromatic carbocycles. The van der Waals surface area contributed by atoms with Crippen LogP contribution in [0.3, 0.4) is 0 Å². The SMILES string of the molecule is BrC=CCC1CCCc2c1[nH]c1ccccc21. The lowest BCUT2D eigenvalue weighted by Gasteiger charge is -2.21. The molecular weight excluding hydrogens is 274 g/mol. The molecule has 1 atom stereocenters. The summed E-state index contributed by atoms with van der Waals surface area (Å²) in [6, 6.07) is 8.68. The van der Waals surface area contributed by atoms with Gasteiger partial charge in [-0.2, -0.15) is 0 Å². The molecule has 2 heteroatoms. The minimum Gasteiger partial charge on any atom is -0.358 e. The summed E-state index contributed by atoms with van der Waals surface area (Å²) in [4.78, 5) is 5.60. The number of rotatable bonds is 2. The third-order valence-electron chi connectivity index (χ3n) is 3.74. The van der Waals surface area contributed by atoms with E-state index in [1.165, 1.54) is 35.9 Å². The second kappa shape index (κ2) is 4.69. The van der Waals surface area contributed by atoms with E-state index in [1.807, 2.05) is 4.99 Å². The van der Waals surface area contributed by atoms with E-state index in [9.17, 15) is 0 Å². The monoisotopic (exact) mass is 289 g/mol. The van der Waals surface area contributed by atoms with Crippen LogP contribution in [0.15, 0.2) is 35.3 Å². The second-order valence-corrected chi connectivity index (χ2v) is 5.28. The Bertz CT molecular complexity index is 553. The molecule has 0 saturated heterocycles. The summed E-state index contributed by atoms with van der Waals surface area (Å²) < 4.78 is 0. The highest BCUT2D eigenvalue weighted by Crippen LogP contribution is 2.37. The lowest BCUT2D eigenvalue weighted by molar-refractivity contribution is 0.550. The molecule has 1 aliphatic carbocycles. The van der Waals surface area contributed by atoms with Crippen molar-refractivity contribution >= 4 is 26.8 Å². The number of nitrogens with one attached hydrogen (secondary N) is 1. The van der Waals surface area contributed by atoms with Gasteiger partial charge in [-0.3, -0.25) is 0 Å². The number of aromatic nitrogens is 1. The van der Waals surface area contributed by atoms with Crippen LogP contribution in [0.4, 0.5) is 0 Å². The molecule has 0 aliphatic heterocycles. The van der Waals surface area contributed by atoms with Gasteiger partial charge in [0.2, 0.25) is 0 Å². The fraction of sp³-hybridized carbons (Fsp3) is 0.333. The maximum absolute atomic E-state index is 3.63. The van der Waals surface area contributed by atoms with Crippen molar-refractivity contribution in [3.05, 3.63) is 46.6 Å². The average Bonchev–Trinajstić information content (AvgIpc) is 2.75. The molecule has 0 spiro atoms. The van der Waals surface area contributed by atoms with E-state index in [1.54, 1.807) is 5.56 Å². The average molecular weight is 290 g/mol. The van der Waals surface area contributed by atoms with Gasteiger partial charge in [-0.25, -0.2) is 0 Å². The highest BCUT2D eigenvalue weighted by atomic mass is 79.9. The summed E-state index contributed by atoms with van der Waals surface area (Å²) in [6.45, 7) is 0. The molecule has 2 aromatic rings. The highest BCUT2D eigenvalue weighted by molar-refractivity contribution is 9.11. The van der Waals surface area contributed by atoms with Gasteiger partial charge in [0.1, 0.15) is 0 Å². The van der Waals surface area contributed by atoms with Crippen LogP contribution in [-0.2, 0) is 6.42 Å². The minimum absolute atomic E-state index is 0.667. The molecule has 0 amide bonds. The number of allylic oxidation sites excluding steroid dienone is 1. The van der Waals surface area contributed by atoms with Crippen molar-refractivity contribution in [3.63, 3.8) is 0 Å². The first-order valence-corrected chi connectivity index (χ1v) is 7.16. The van der Waals surface area contributed by atoms with Crippen molar-refractivity contribution in [2.45, 2.75) is 31.6 Å². The lowest BCUT2D eigenvalue weighted by atomic mass is 9.85. The molecule has 0 saturated carbocycles. The fourth-order valence-electron chi connectivity index (χ4n) is 2.96. The maximum Gasteiger partial charge on any atom is 0.0459 e. The zero-order valence-electron chi connectivity index (χ0n) is 9.75. The number of benzene rings is 1. The molecule has 1 aromatic heterocycles. The number of hydrogen-bond acceptors (Lipinski definition) is 0. The number of aryl methyl sites for hydroxylation is 1. The van der Waals surface area contributed by atoms with Crippen LogP contribution in [-0.4, -0.2) is 4.98 Å². The molecule has 1 unspecified atom stereocenters. The van der Waals surface area contributed by atoms with Crippen LogP contribution in [0.25, 0.3) is 10.9 Å². The van der Waals surface area contributed by atoms with Gasteiger partial charge in [-0.1, -0.05) is 40.2 Å². The fourth-order valence-corrected chi connectivity index (χ4v) is 3.18. The number of para-hydroxylation sites is 1. The normalized spacial score (nSPS) is 19.9. The first-order valence-electron chi connectivity index (χ1n) is 6.25. The van der Waals surface area contributed by atoms with E-state index in [0.717, 1.165) is 6.42 Å². The molecular formula is C15H16BrN. The van der Waals surface area contributed by atoms with Gasteiger partial charge in [0, 0.05) is 22.5 Å². The lowest BCUT2D eigenvalue weighted by Crippen LogP contribution is -2.08. The largest absolute Gasteiger partial charge is 0.358 e. The van der Waals surface area contributed by atoms with E-state index >= 15 is 0 Å². The minimum atomic E-state index is 0.667. The Kier molecular flexibility index (Phi) is 3.06. The molecule has 17 heavy (non-hydrogen) atoms. The van der Waals surface area contributed by atoms with E-state index in [-0.39, 0.29) is 0 Å². The Labute approximate surface area is 110 Å². The summed E-state index contributed by atoms with van der Waals surface area (Å²) in [7, 11) is 0. The molecule has 0 fully saturated rings. The van der Waals surface area contributed by atoms with E-state index < -0.39 is 0 Å². The Morgan fingerprint density at radius 1 is 1.35 bits per heavy atom. The smallest absolute Gasteiger partial charge is 0.0459 e. The Morgan fingerprint density at radius 2 is 2.24 bits per heavy atom. The topological polar surface area (TPSA) is 15.8 Å². The van der Waals surface area contributed by atoms with E-state index in [2.05, 4.69) is 51.3 Å². The summed E-state index contributed by atoms with van der Waals surface area (Å²) in [5.41, 5.74) is 4.33. The quantitative estimate of drug-likeness (QED) is 0.810. The van der Waals surface area contributed by atoms with Crippen molar-refractivity contribution in [1.29, 1.82) is 0 Å². The van der Waals surface area contributed by atoms with Gasteiger partial charge in [0.25, 0.3) is 0 Å². The van der Waals surface area contributed by atoms with E-state index in [4.69, 9.17) is 0 Å². The molecule has 88 valence electrons. The number of halogens is 1. The van der Waals surface area contributed by atoms with Crippen LogP contribution in [0, 0.1) is 0 Å². The third kappa shape index (κ3) is 1.95. The second-order valence-electron chi connectivity index (χ2n) is 4.75. The number of H-pyrrole nitrogens is 1. The molecule has 1 aliphatic rings. The molecule has 0 radical (unpaired) electrons. The molecule has 0 bridgehead atoms. The molecule has 1 N–H and O–H groups in total. The standard InChI is InChI=1S/C15H16BrN/c16-10-4-6-11-5-3-8-13-12-7-1-2-9-14(12)17-15(11)13/h1-2,4,7,9-11,17H,3,5-6,8H2. The number of hydrogen-bond donors (Lipinski definition) is 1. The van der Waals surface area contributed by atoms with Crippen LogP contribution in [0.1, 0.15) is 36.4 Å². The zero-order chi connectivity index (χ0) is 11.7. The van der Waals surface area contributed by atoms with Crippen LogP contribution in [0.5, 0.6) is 0 Å². The predicted octanol–water partition coefficient (Wildman–Crippen LogP) is 4.89. The summed E-state index contributed by atoms with van der Waals surface area (Å²) >= 11 is 3.36. The molecule has 1 heterocycles. The predicted molar refractivity (Wildman–Crippen MR) is 76.7 cm³/mol. The van der Waals surface area contributed by atoms with Gasteiger partial charge < -0.3 is 4.98 Å². The summed E-state index contributed by atoms with van der Waals surface area (Å²) in [5, 5.41) is 1.43. The van der Waals surface area contributed by atoms with E-state index in [0.29, 0.717) is 5.92 Å². The number of aromatic amines is 1. The van der Waals surface area contributed by atoms with Crippen LogP contribution in [0.2, 0.25) is 0 Å². The van der Waals surface area contributed by atoms with Crippen molar-refractivity contribution in [3.8, 4) is 0 Å². The van der Waals surface area contributed by atoms with Gasteiger partial charge in [0.05, 0.1) is 0 Å². The van der Waals surface area contributed by atoms with Gasteiger partial charge in [-0.15, -0.1) is 0 Å². The van der Waals surface area contributed by atoms with Crippen molar-refractivity contribution in [2.24, 2.45) is 0 Å². The zero-order valence-corrected chi connectivity index (χ0v) is 11.3. The third-order valence-corrected chi connectivity index (χ3v) is 4.12. The van der Waals surface area contributed by atoms with Crippen LogP contribution >= 0.6 is 15.9 Å². The first kappa shape index (κ1) is 11.1. The van der Waals surface area contributed by atoms with Gasteiger partial charge in [-0.05, 0) is 42.3 Å². The first-order chi connectivity index (χ1) is 8.40. The highest BCUT2D eigenvalue weighted by Gasteiger charge is 2.22. The number of fused-ring (bicyclic) bond motifs is 3. The Morgan fingerprint density at radius 3 is 3.12 bits per heavy atom. The molecule has 1 nitrogen and oxygen atoms in total.